The number of H-pyrrole nitrogens is 1. The summed E-state index contributed by atoms with van der Waals surface area (Å²) < 4.78 is 18.6. The van der Waals surface area contributed by atoms with Crippen LogP contribution in [0.25, 0.3) is 28.0 Å². The van der Waals surface area contributed by atoms with E-state index in [9.17, 15) is 4.79 Å². The number of carbonyl (C=O) groups excluding carboxylic acids is 1. The minimum absolute atomic E-state index is 0.0459. The van der Waals surface area contributed by atoms with Gasteiger partial charge < -0.3 is 19.2 Å². The number of benzene rings is 2. The Bertz CT molecular complexity index is 1710. The first-order chi connectivity index (χ1) is 21.6. The third-order valence-electron chi connectivity index (χ3n) is 10.2. The minimum atomic E-state index is -0.534. The van der Waals surface area contributed by atoms with Crippen LogP contribution in [0.1, 0.15) is 102 Å². The quantitative estimate of drug-likeness (QED) is 0.322. The van der Waals surface area contributed by atoms with Crippen LogP contribution in [0.5, 0.6) is 11.5 Å². The number of hydrogen-bond acceptors (Lipinski definition) is 6. The lowest BCUT2D eigenvalue weighted by Gasteiger charge is -2.31. The minimum Gasteiger partial charge on any atom is -0.488 e. The molecule has 1 aliphatic carbocycles. The largest absolute Gasteiger partial charge is 0.488 e. The van der Waals surface area contributed by atoms with Crippen molar-refractivity contribution in [2.24, 2.45) is 10.9 Å². The molecule has 4 atom stereocenters. The molecule has 0 bridgehead atoms. The van der Waals surface area contributed by atoms with E-state index < -0.39 is 5.60 Å². The van der Waals surface area contributed by atoms with Crippen molar-refractivity contribution in [3.8, 4) is 33.9 Å². The summed E-state index contributed by atoms with van der Waals surface area (Å²) in [5.41, 5.74) is 9.38. The molecule has 5 heterocycles. The zero-order chi connectivity index (χ0) is 31.0. The van der Waals surface area contributed by atoms with Gasteiger partial charge in [-0.05, 0) is 101 Å². The van der Waals surface area contributed by atoms with E-state index in [2.05, 4.69) is 43.1 Å². The van der Waals surface area contributed by atoms with Gasteiger partial charge in [-0.1, -0.05) is 6.92 Å². The van der Waals surface area contributed by atoms with Crippen molar-refractivity contribution in [3.63, 3.8) is 0 Å². The first-order valence-corrected chi connectivity index (χ1v) is 16.5. The number of ether oxygens (including phenoxy) is 3. The lowest BCUT2D eigenvalue weighted by molar-refractivity contribution is 0.0205. The Balaban J connectivity index is 1.03. The van der Waals surface area contributed by atoms with E-state index in [4.69, 9.17) is 24.2 Å². The summed E-state index contributed by atoms with van der Waals surface area (Å²) in [4.78, 5) is 28.2. The zero-order valence-electron chi connectivity index (χ0n) is 26.9. The van der Waals surface area contributed by atoms with Gasteiger partial charge in [0.1, 0.15) is 36.1 Å². The van der Waals surface area contributed by atoms with Gasteiger partial charge in [0.25, 0.3) is 0 Å². The van der Waals surface area contributed by atoms with E-state index in [0.717, 1.165) is 86.4 Å². The average Bonchev–Trinajstić information content (AvgIpc) is 3.81. The molecule has 8 rings (SSSR count). The fraction of sp³-hybridized carbons (Fsp3) is 0.486. The average molecular weight is 607 g/mol. The molecule has 1 aromatic heterocycles. The highest BCUT2D eigenvalue weighted by Crippen LogP contribution is 2.51. The number of imidazole rings is 1. The van der Waals surface area contributed by atoms with Gasteiger partial charge in [0.2, 0.25) is 0 Å². The van der Waals surface area contributed by atoms with Crippen LogP contribution in [0.2, 0.25) is 0 Å². The summed E-state index contributed by atoms with van der Waals surface area (Å²) in [7, 11) is 0. The molecule has 0 spiro atoms. The highest BCUT2D eigenvalue weighted by molar-refractivity contribution is 6.03. The first-order valence-electron chi connectivity index (χ1n) is 16.5. The molecule has 0 radical (unpaired) electrons. The number of rotatable bonds is 4. The van der Waals surface area contributed by atoms with Crippen molar-refractivity contribution in [2.75, 3.05) is 0 Å². The van der Waals surface area contributed by atoms with Gasteiger partial charge in [-0.3, -0.25) is 9.89 Å². The van der Waals surface area contributed by atoms with Crippen molar-refractivity contribution in [1.29, 1.82) is 0 Å². The van der Waals surface area contributed by atoms with Crippen molar-refractivity contribution in [2.45, 2.75) is 110 Å². The Labute approximate surface area is 264 Å². The number of carbonyl (C=O) groups is 1. The number of aliphatic imine (C=N–C) groups is 1. The number of likely N-dealkylation sites (tertiary alicyclic amines) is 1. The zero-order valence-corrected chi connectivity index (χ0v) is 26.9. The van der Waals surface area contributed by atoms with Gasteiger partial charge in [-0.2, -0.15) is 0 Å². The third-order valence-corrected chi connectivity index (χ3v) is 10.2. The molecule has 2 aromatic carbocycles. The molecule has 5 aliphatic rings. The Hall–Kier alpha value is -4.07. The van der Waals surface area contributed by atoms with Crippen LogP contribution in [-0.4, -0.2) is 44.4 Å². The second-order valence-electron chi connectivity index (χ2n) is 14.7. The van der Waals surface area contributed by atoms with Crippen LogP contribution in [0.4, 0.5) is 4.79 Å². The van der Waals surface area contributed by atoms with E-state index in [1.165, 1.54) is 19.3 Å². The predicted octanol–water partition coefficient (Wildman–Crippen LogP) is 8.41. The Morgan fingerprint density at radius 1 is 0.956 bits per heavy atom. The Morgan fingerprint density at radius 2 is 1.67 bits per heavy atom. The summed E-state index contributed by atoms with van der Waals surface area (Å²) >= 11 is 0. The van der Waals surface area contributed by atoms with Crippen LogP contribution in [-0.2, 0) is 18.0 Å². The number of nitrogens with zero attached hydrogens (tertiary/aromatic N) is 3. The Morgan fingerprint density at radius 3 is 2.36 bits per heavy atom. The predicted molar refractivity (Wildman–Crippen MR) is 174 cm³/mol. The van der Waals surface area contributed by atoms with Crippen molar-refractivity contribution in [1.82, 2.24) is 14.9 Å². The highest BCUT2D eigenvalue weighted by Gasteiger charge is 2.40. The van der Waals surface area contributed by atoms with Crippen LogP contribution < -0.4 is 9.47 Å². The second-order valence-corrected chi connectivity index (χ2v) is 14.7. The first kappa shape index (κ1) is 28.4. The number of hydrogen-bond donors (Lipinski definition) is 1. The lowest BCUT2D eigenvalue weighted by atomic mass is 9.86. The number of nitrogens with one attached hydrogen (secondary N) is 1. The molecule has 4 aliphatic heterocycles. The molecular weight excluding hydrogens is 564 g/mol. The molecule has 0 unspecified atom stereocenters. The molecule has 8 nitrogen and oxygen atoms in total. The highest BCUT2D eigenvalue weighted by atomic mass is 16.6. The van der Waals surface area contributed by atoms with Gasteiger partial charge >= 0.3 is 6.09 Å². The fourth-order valence-corrected chi connectivity index (χ4v) is 7.93. The van der Waals surface area contributed by atoms with Crippen molar-refractivity contribution in [3.05, 3.63) is 59.2 Å². The number of aromatic nitrogens is 2. The van der Waals surface area contributed by atoms with E-state index >= 15 is 0 Å². The molecule has 234 valence electrons. The normalized spacial score (nSPS) is 25.0. The second kappa shape index (κ2) is 10.5. The molecule has 8 heteroatoms. The summed E-state index contributed by atoms with van der Waals surface area (Å²) in [5, 5.41) is 0. The maximum absolute atomic E-state index is 13.1. The Kier molecular flexibility index (Phi) is 6.63. The van der Waals surface area contributed by atoms with Crippen LogP contribution in [0.3, 0.4) is 0 Å². The van der Waals surface area contributed by atoms with Crippen molar-refractivity contribution >= 4 is 17.4 Å². The SMILES string of the molecule is C[C@H]1CC[C@@H](c2ncc(-c3cc4c5c(c3)OCc3cc(C6=CN=C([C@@H]7CC[C@H](C)N7C(=O)OC(C)(C)C)C6)cc(c3-5)OC4)[nH]2)C1. The molecule has 1 amide bonds. The third kappa shape index (κ3) is 5.02. The fourth-order valence-electron chi connectivity index (χ4n) is 7.93. The van der Waals surface area contributed by atoms with E-state index in [1.54, 1.807) is 0 Å². The van der Waals surface area contributed by atoms with Gasteiger partial charge in [0.05, 0.1) is 17.9 Å². The number of amides is 1. The van der Waals surface area contributed by atoms with E-state index in [1.807, 2.05) is 38.1 Å². The molecule has 45 heavy (non-hydrogen) atoms. The van der Waals surface area contributed by atoms with Crippen LogP contribution in [0, 0.1) is 5.92 Å². The van der Waals surface area contributed by atoms with Crippen LogP contribution in [0.15, 0.2) is 41.7 Å². The van der Waals surface area contributed by atoms with Gasteiger partial charge in [0, 0.05) is 58.1 Å². The van der Waals surface area contributed by atoms with E-state index in [0.29, 0.717) is 25.6 Å². The smallest absolute Gasteiger partial charge is 0.411 e. The summed E-state index contributed by atoms with van der Waals surface area (Å²) in [5.74, 6) is 4.19. The molecule has 2 fully saturated rings. The summed E-state index contributed by atoms with van der Waals surface area (Å²) in [6, 6.07) is 8.83. The number of allylic oxidation sites excluding steroid dienone is 1. The molecule has 1 saturated heterocycles. The lowest BCUT2D eigenvalue weighted by Crippen LogP contribution is -2.46. The standard InChI is InChI=1S/C37H42N4O4/c1-20-6-8-22(10-20)35-39-17-29(40-35)24-12-27-19-43-31-14-23(11-26-18-44-32(15-24)34(27)33(26)31)25-13-28(38-16-25)30-9-7-21(2)41(30)36(42)45-37(3,4)5/h11-12,14-17,20-22,30H,6-10,13,18-19H2,1-5H3,(H,39,40)/t20-,21-,22+,30-/m0/s1. The summed E-state index contributed by atoms with van der Waals surface area (Å²) in [6.07, 6.45) is 9.89. The maximum atomic E-state index is 13.1. The number of aromatic amines is 1. The molecule has 3 aromatic rings. The van der Waals surface area contributed by atoms with Crippen LogP contribution >= 0.6 is 0 Å². The monoisotopic (exact) mass is 606 g/mol. The van der Waals surface area contributed by atoms with Gasteiger partial charge in [0.15, 0.2) is 0 Å². The van der Waals surface area contributed by atoms with Gasteiger partial charge in [-0.25, -0.2) is 9.78 Å². The van der Waals surface area contributed by atoms with Gasteiger partial charge in [-0.15, -0.1) is 0 Å². The molecular formula is C37H42N4O4. The topological polar surface area (TPSA) is 89.0 Å². The molecule has 1 saturated carbocycles. The molecule has 1 N–H and O–H groups in total. The summed E-state index contributed by atoms with van der Waals surface area (Å²) in [6.45, 7) is 11.1. The van der Waals surface area contributed by atoms with Crippen molar-refractivity contribution < 1.29 is 19.0 Å². The van der Waals surface area contributed by atoms with E-state index in [-0.39, 0.29) is 18.2 Å². The maximum Gasteiger partial charge on any atom is 0.411 e.